The second kappa shape index (κ2) is 8.80. The van der Waals surface area contributed by atoms with Crippen molar-refractivity contribution in [1.29, 1.82) is 0 Å². The topological polar surface area (TPSA) is 42.8 Å². The van der Waals surface area contributed by atoms with E-state index in [1.54, 1.807) is 18.2 Å². The normalized spacial score (nSPS) is 11.8. The molecule has 24 heavy (non-hydrogen) atoms. The summed E-state index contributed by atoms with van der Waals surface area (Å²) in [5, 5.41) is 2.90. The van der Waals surface area contributed by atoms with Crippen molar-refractivity contribution in [2.75, 3.05) is 32.1 Å². The third-order valence-electron chi connectivity index (χ3n) is 3.55. The van der Waals surface area contributed by atoms with E-state index in [0.29, 0.717) is 19.7 Å². The zero-order valence-electron chi connectivity index (χ0n) is 13.7. The van der Waals surface area contributed by atoms with Crippen LogP contribution < -0.4 is 15.0 Å². The van der Waals surface area contributed by atoms with Crippen LogP contribution >= 0.6 is 15.9 Å². The summed E-state index contributed by atoms with van der Waals surface area (Å²) in [6.45, 7) is 3.20. The highest BCUT2D eigenvalue weighted by Gasteiger charge is 2.12. The molecule has 2 rings (SSSR count). The van der Waals surface area contributed by atoms with Gasteiger partial charge in [-0.3, -0.25) is 4.79 Å². The maximum atomic E-state index is 13.4. The number of carbonyl (C=O) groups excluding carboxylic acids is 1. The minimum atomic E-state index is -0.376. The number of rotatable bonds is 7. The van der Waals surface area contributed by atoms with E-state index in [9.17, 15) is 9.18 Å². The first-order valence-electron chi connectivity index (χ1n) is 7.70. The number of quaternary nitrogens is 1. The van der Waals surface area contributed by atoms with Gasteiger partial charge in [0.2, 0.25) is 0 Å². The molecule has 6 heteroatoms. The number of para-hydroxylation sites is 1. The van der Waals surface area contributed by atoms with E-state index in [4.69, 9.17) is 4.74 Å². The molecule has 4 nitrogen and oxygen atoms in total. The Morgan fingerprint density at radius 1 is 1.29 bits per heavy atom. The first-order chi connectivity index (χ1) is 11.5. The average Bonchev–Trinajstić information content (AvgIpc) is 2.52. The molecule has 128 valence electrons. The fraction of sp³-hybridized carbons (Fsp3) is 0.278. The molecule has 2 aromatic rings. The van der Waals surface area contributed by atoms with Crippen molar-refractivity contribution < 1.29 is 18.8 Å². The van der Waals surface area contributed by atoms with Gasteiger partial charge in [0.1, 0.15) is 13.2 Å². The van der Waals surface area contributed by atoms with Gasteiger partial charge in [0.05, 0.1) is 7.05 Å². The van der Waals surface area contributed by atoms with E-state index in [1.165, 1.54) is 6.07 Å². The summed E-state index contributed by atoms with van der Waals surface area (Å²) in [5.41, 5.74) is 1.80. The minimum absolute atomic E-state index is 0.0659. The molecule has 2 aromatic carbocycles. The summed E-state index contributed by atoms with van der Waals surface area (Å²) < 4.78 is 19.8. The number of amides is 1. The summed E-state index contributed by atoms with van der Waals surface area (Å²) in [5.74, 6) is -0.206. The van der Waals surface area contributed by atoms with Crippen molar-refractivity contribution in [3.05, 3.63) is 58.3 Å². The highest BCUT2D eigenvalue weighted by molar-refractivity contribution is 9.10. The first-order valence-corrected chi connectivity index (χ1v) is 8.49. The number of likely N-dealkylation sites (N-methyl/N-ethyl adjacent to an activating group) is 1. The fourth-order valence-corrected chi connectivity index (χ4v) is 2.70. The van der Waals surface area contributed by atoms with Gasteiger partial charge in [-0.05, 0) is 42.8 Å². The lowest BCUT2D eigenvalue weighted by atomic mass is 10.2. The van der Waals surface area contributed by atoms with E-state index in [1.807, 2.05) is 32.2 Å². The molecular formula is C18H21BrFN2O2+. The van der Waals surface area contributed by atoms with Gasteiger partial charge in [0.15, 0.2) is 18.1 Å². The second-order valence-electron chi connectivity index (χ2n) is 5.67. The quantitative estimate of drug-likeness (QED) is 0.755. The van der Waals surface area contributed by atoms with Gasteiger partial charge in [-0.15, -0.1) is 0 Å². The third-order valence-corrected chi connectivity index (χ3v) is 4.04. The molecular weight excluding hydrogens is 375 g/mol. The van der Waals surface area contributed by atoms with Gasteiger partial charge < -0.3 is 15.0 Å². The molecule has 0 heterocycles. The fourth-order valence-electron chi connectivity index (χ4n) is 2.22. The summed E-state index contributed by atoms with van der Waals surface area (Å²) in [6, 6.07) is 12.0. The van der Waals surface area contributed by atoms with Gasteiger partial charge in [0.25, 0.3) is 5.91 Å². The number of carbonyl (C=O) groups is 1. The Kier molecular flexibility index (Phi) is 6.75. The van der Waals surface area contributed by atoms with Crippen molar-refractivity contribution in [2.24, 2.45) is 0 Å². The summed E-state index contributed by atoms with van der Waals surface area (Å²) in [4.78, 5) is 13.1. The van der Waals surface area contributed by atoms with Crippen LogP contribution in [0.3, 0.4) is 0 Å². The van der Waals surface area contributed by atoms with Crippen LogP contribution in [0.15, 0.2) is 46.9 Å². The molecule has 1 atom stereocenters. The van der Waals surface area contributed by atoms with E-state index in [-0.39, 0.29) is 17.5 Å². The molecule has 2 N–H and O–H groups in total. The number of hydrogen-bond acceptors (Lipinski definition) is 2. The molecule has 0 aliphatic heterocycles. The van der Waals surface area contributed by atoms with Crippen LogP contribution in [0.4, 0.5) is 10.1 Å². The van der Waals surface area contributed by atoms with E-state index in [2.05, 4.69) is 21.2 Å². The van der Waals surface area contributed by atoms with Crippen LogP contribution in [0.25, 0.3) is 0 Å². The number of hydrogen-bond donors (Lipinski definition) is 2. The summed E-state index contributed by atoms with van der Waals surface area (Å²) in [7, 11) is 1.90. The van der Waals surface area contributed by atoms with Gasteiger partial charge in [-0.1, -0.05) is 28.1 Å². The zero-order valence-corrected chi connectivity index (χ0v) is 15.3. The largest absolute Gasteiger partial charge is 0.485 e. The minimum Gasteiger partial charge on any atom is -0.485 e. The zero-order chi connectivity index (χ0) is 17.5. The van der Waals surface area contributed by atoms with Crippen LogP contribution in [0, 0.1) is 12.7 Å². The molecule has 0 spiro atoms. The van der Waals surface area contributed by atoms with Gasteiger partial charge >= 0.3 is 0 Å². The van der Waals surface area contributed by atoms with Crippen molar-refractivity contribution in [2.45, 2.75) is 6.92 Å². The Balaban J connectivity index is 1.76. The Morgan fingerprint density at radius 3 is 2.75 bits per heavy atom. The third kappa shape index (κ3) is 5.62. The number of nitrogens with one attached hydrogen (secondary N) is 2. The molecule has 1 unspecified atom stereocenters. The number of ether oxygens (including phenoxy) is 1. The van der Waals surface area contributed by atoms with Crippen LogP contribution in [-0.4, -0.2) is 32.7 Å². The number of aryl methyl sites for hydroxylation is 1. The van der Waals surface area contributed by atoms with Gasteiger partial charge in [-0.2, -0.15) is 0 Å². The lowest BCUT2D eigenvalue weighted by Crippen LogP contribution is -3.10. The van der Waals surface area contributed by atoms with Crippen molar-refractivity contribution >= 4 is 27.5 Å². The molecule has 0 aromatic heterocycles. The lowest BCUT2D eigenvalue weighted by molar-refractivity contribution is -0.871. The number of anilines is 1. The summed E-state index contributed by atoms with van der Waals surface area (Å²) >= 11 is 3.40. The first kappa shape index (κ1) is 18.4. The Hall–Kier alpha value is -1.92. The maximum absolute atomic E-state index is 13.4. The molecule has 0 bridgehead atoms. The highest BCUT2D eigenvalue weighted by Crippen LogP contribution is 2.19. The van der Waals surface area contributed by atoms with E-state index < -0.39 is 0 Å². The molecule has 0 saturated carbocycles. The van der Waals surface area contributed by atoms with Gasteiger partial charge in [-0.25, -0.2) is 4.39 Å². The average molecular weight is 396 g/mol. The van der Waals surface area contributed by atoms with Crippen molar-refractivity contribution in [3.63, 3.8) is 0 Å². The summed E-state index contributed by atoms with van der Waals surface area (Å²) in [6.07, 6.45) is 0. The molecule has 0 aliphatic rings. The molecule has 0 saturated heterocycles. The molecule has 0 radical (unpaired) electrons. The van der Waals surface area contributed by atoms with Crippen LogP contribution in [0.5, 0.6) is 5.75 Å². The Labute approximate surface area is 149 Å². The van der Waals surface area contributed by atoms with E-state index >= 15 is 0 Å². The molecule has 0 fully saturated rings. The Morgan fingerprint density at radius 2 is 2.04 bits per heavy atom. The van der Waals surface area contributed by atoms with Crippen LogP contribution in [-0.2, 0) is 4.79 Å². The maximum Gasteiger partial charge on any atom is 0.279 e. The van der Waals surface area contributed by atoms with Crippen LogP contribution in [0.1, 0.15) is 5.56 Å². The second-order valence-corrected chi connectivity index (χ2v) is 6.59. The monoisotopic (exact) mass is 395 g/mol. The van der Waals surface area contributed by atoms with Gasteiger partial charge in [0, 0.05) is 10.2 Å². The highest BCUT2D eigenvalue weighted by atomic mass is 79.9. The predicted octanol–water partition coefficient (Wildman–Crippen LogP) is 2.43. The van der Waals surface area contributed by atoms with Crippen molar-refractivity contribution in [3.8, 4) is 5.75 Å². The smallest absolute Gasteiger partial charge is 0.279 e. The van der Waals surface area contributed by atoms with Crippen molar-refractivity contribution in [1.82, 2.24) is 0 Å². The number of benzene rings is 2. The molecule has 1 amide bonds. The van der Waals surface area contributed by atoms with Crippen LogP contribution in [0.2, 0.25) is 0 Å². The van der Waals surface area contributed by atoms with E-state index in [0.717, 1.165) is 20.6 Å². The standard InChI is InChI=1S/C18H20BrFN2O2/c1-13-11-14(19)7-8-16(13)21-18(23)12-22(2)9-10-24-17-6-4-3-5-15(17)20/h3-8,11H,9-10,12H2,1-2H3,(H,21,23)/p+1. The Bertz CT molecular complexity index is 709. The SMILES string of the molecule is Cc1cc(Br)ccc1NC(=O)C[NH+](C)CCOc1ccccc1F. The molecule has 0 aliphatic carbocycles. The predicted molar refractivity (Wildman–Crippen MR) is 96.0 cm³/mol. The number of halogens is 2. The lowest BCUT2D eigenvalue weighted by Gasteiger charge is -2.15.